The number of aromatic nitrogens is 1. The van der Waals surface area contributed by atoms with Gasteiger partial charge in [-0.05, 0) is 56.4 Å². The zero-order valence-corrected chi connectivity index (χ0v) is 21.8. The molecule has 0 fully saturated rings. The normalized spacial score (nSPS) is 11.1. The Morgan fingerprint density at radius 2 is 1.38 bits per heavy atom. The van der Waals surface area contributed by atoms with E-state index in [1.54, 1.807) is 20.1 Å². The molecule has 3 aromatic rings. The molecule has 8 nitrogen and oxygen atoms in total. The maximum absolute atomic E-state index is 12.8. The number of ether oxygens (including phenoxy) is 2. The SMILES string of the molecule is CCCc1ccc(-c2nc(-c3ccc(CCC(NC(C)=O)(C(=O)OCC)C(=O)OCC)cc3)co2)cc1. The summed E-state index contributed by atoms with van der Waals surface area (Å²) in [7, 11) is 0. The van der Waals surface area contributed by atoms with E-state index in [4.69, 9.17) is 13.9 Å². The molecular formula is C29H34N2O6. The molecule has 0 aliphatic rings. The standard InChI is InChI=1S/C29H34N2O6/c1-5-8-21-11-15-24(16-12-21)26-30-25(19-37-26)23-13-9-22(10-14-23)17-18-29(31-20(4)32,27(33)35-6-2)28(34)36-7-3/h9-16,19H,5-8,17-18H2,1-4H3,(H,31,32). The van der Waals surface area contributed by atoms with E-state index in [0.717, 1.165) is 29.5 Å². The molecule has 196 valence electrons. The lowest BCUT2D eigenvalue weighted by Crippen LogP contribution is -2.61. The fraction of sp³-hybridized carbons (Fsp3) is 0.379. The summed E-state index contributed by atoms with van der Waals surface area (Å²) >= 11 is 0. The van der Waals surface area contributed by atoms with Crippen molar-refractivity contribution in [3.63, 3.8) is 0 Å². The van der Waals surface area contributed by atoms with Gasteiger partial charge in [-0.1, -0.05) is 49.7 Å². The van der Waals surface area contributed by atoms with Gasteiger partial charge in [0, 0.05) is 18.1 Å². The predicted octanol–water partition coefficient (Wildman–Crippen LogP) is 4.89. The summed E-state index contributed by atoms with van der Waals surface area (Å²) in [5.74, 6) is -1.65. The summed E-state index contributed by atoms with van der Waals surface area (Å²) in [6.07, 6.45) is 4.07. The van der Waals surface area contributed by atoms with Crippen molar-refractivity contribution in [2.24, 2.45) is 0 Å². The molecule has 0 unspecified atom stereocenters. The molecule has 8 heteroatoms. The second-order valence-electron chi connectivity index (χ2n) is 8.71. The van der Waals surface area contributed by atoms with Crippen LogP contribution in [0.4, 0.5) is 0 Å². The maximum atomic E-state index is 12.8. The van der Waals surface area contributed by atoms with Crippen molar-refractivity contribution in [3.8, 4) is 22.7 Å². The van der Waals surface area contributed by atoms with Gasteiger partial charge >= 0.3 is 11.9 Å². The molecule has 1 N–H and O–H groups in total. The summed E-state index contributed by atoms with van der Waals surface area (Å²) < 4.78 is 16.0. The number of benzene rings is 2. The van der Waals surface area contributed by atoms with Crippen LogP contribution in [-0.4, -0.2) is 41.6 Å². The minimum atomic E-state index is -1.91. The maximum Gasteiger partial charge on any atom is 0.343 e. The second-order valence-corrected chi connectivity index (χ2v) is 8.71. The smallest absolute Gasteiger partial charge is 0.343 e. The van der Waals surface area contributed by atoms with Crippen LogP contribution in [0.5, 0.6) is 0 Å². The zero-order chi connectivity index (χ0) is 26.8. The van der Waals surface area contributed by atoms with Crippen LogP contribution in [0.2, 0.25) is 0 Å². The van der Waals surface area contributed by atoms with E-state index in [1.165, 1.54) is 12.5 Å². The zero-order valence-electron chi connectivity index (χ0n) is 21.8. The fourth-order valence-corrected chi connectivity index (χ4v) is 4.08. The van der Waals surface area contributed by atoms with Gasteiger partial charge < -0.3 is 19.2 Å². The van der Waals surface area contributed by atoms with Crippen molar-refractivity contribution in [3.05, 3.63) is 65.9 Å². The lowest BCUT2D eigenvalue weighted by Gasteiger charge is -2.29. The molecule has 2 aromatic carbocycles. The molecule has 0 bridgehead atoms. The van der Waals surface area contributed by atoms with Crippen LogP contribution in [0.25, 0.3) is 22.7 Å². The molecule has 0 saturated carbocycles. The minimum absolute atomic E-state index is 0.00821. The van der Waals surface area contributed by atoms with Crippen LogP contribution in [0.3, 0.4) is 0 Å². The summed E-state index contributed by atoms with van der Waals surface area (Å²) in [6.45, 7) is 6.80. The van der Waals surface area contributed by atoms with Gasteiger partial charge in [0.2, 0.25) is 17.3 Å². The highest BCUT2D eigenvalue weighted by Gasteiger charge is 2.49. The molecule has 0 atom stereocenters. The van der Waals surface area contributed by atoms with E-state index < -0.39 is 23.4 Å². The minimum Gasteiger partial charge on any atom is -0.464 e. The third-order valence-electron chi connectivity index (χ3n) is 5.92. The highest BCUT2D eigenvalue weighted by atomic mass is 16.6. The van der Waals surface area contributed by atoms with Gasteiger partial charge in [-0.2, -0.15) is 0 Å². The van der Waals surface area contributed by atoms with Crippen LogP contribution < -0.4 is 5.32 Å². The Morgan fingerprint density at radius 3 is 1.89 bits per heavy atom. The van der Waals surface area contributed by atoms with Gasteiger partial charge in [-0.3, -0.25) is 4.79 Å². The van der Waals surface area contributed by atoms with Crippen LogP contribution in [0.1, 0.15) is 51.7 Å². The van der Waals surface area contributed by atoms with E-state index in [9.17, 15) is 14.4 Å². The Morgan fingerprint density at radius 1 is 0.838 bits per heavy atom. The molecule has 3 rings (SSSR count). The quantitative estimate of drug-likeness (QED) is 0.275. The molecule has 1 heterocycles. The predicted molar refractivity (Wildman–Crippen MR) is 140 cm³/mol. The number of carbonyl (C=O) groups is 3. The number of nitrogens with zero attached hydrogens (tertiary/aromatic N) is 1. The largest absolute Gasteiger partial charge is 0.464 e. The van der Waals surface area contributed by atoms with Crippen molar-refractivity contribution in [1.82, 2.24) is 10.3 Å². The monoisotopic (exact) mass is 506 g/mol. The Hall–Kier alpha value is -3.94. The van der Waals surface area contributed by atoms with Crippen LogP contribution in [0.15, 0.2) is 59.2 Å². The van der Waals surface area contributed by atoms with Gasteiger partial charge in [-0.15, -0.1) is 0 Å². The van der Waals surface area contributed by atoms with Gasteiger partial charge in [-0.25, -0.2) is 14.6 Å². The average Bonchev–Trinajstić information content (AvgIpc) is 3.38. The van der Waals surface area contributed by atoms with Gasteiger partial charge in [0.15, 0.2) is 0 Å². The van der Waals surface area contributed by atoms with E-state index in [-0.39, 0.29) is 19.6 Å². The Kier molecular flexibility index (Phi) is 9.60. The number of hydrogen-bond acceptors (Lipinski definition) is 7. The molecule has 0 radical (unpaired) electrons. The Bertz CT molecular complexity index is 1180. The topological polar surface area (TPSA) is 108 Å². The summed E-state index contributed by atoms with van der Waals surface area (Å²) in [4.78, 5) is 42.1. The lowest BCUT2D eigenvalue weighted by atomic mass is 9.90. The molecule has 0 saturated heterocycles. The molecule has 1 aromatic heterocycles. The van der Waals surface area contributed by atoms with Gasteiger partial charge in [0.05, 0.1) is 13.2 Å². The summed E-state index contributed by atoms with van der Waals surface area (Å²) in [5.41, 5.74) is 2.71. The van der Waals surface area contributed by atoms with Gasteiger partial charge in [0.1, 0.15) is 12.0 Å². The van der Waals surface area contributed by atoms with Crippen LogP contribution in [-0.2, 0) is 36.7 Å². The molecule has 0 aliphatic heterocycles. The number of aryl methyl sites for hydroxylation is 2. The van der Waals surface area contributed by atoms with Crippen molar-refractivity contribution >= 4 is 17.8 Å². The lowest BCUT2D eigenvalue weighted by molar-refractivity contribution is -0.168. The van der Waals surface area contributed by atoms with Gasteiger partial charge in [0.25, 0.3) is 0 Å². The van der Waals surface area contributed by atoms with E-state index >= 15 is 0 Å². The third-order valence-corrected chi connectivity index (χ3v) is 5.92. The number of hydrogen-bond donors (Lipinski definition) is 1. The first-order chi connectivity index (χ1) is 17.8. The molecule has 0 spiro atoms. The summed E-state index contributed by atoms with van der Waals surface area (Å²) in [6, 6.07) is 15.8. The highest BCUT2D eigenvalue weighted by molar-refractivity contribution is 6.07. The second kappa shape index (κ2) is 12.9. The first-order valence-corrected chi connectivity index (χ1v) is 12.6. The van der Waals surface area contributed by atoms with Crippen molar-refractivity contribution in [2.45, 2.75) is 58.9 Å². The first-order valence-electron chi connectivity index (χ1n) is 12.6. The number of amides is 1. The first kappa shape index (κ1) is 27.6. The summed E-state index contributed by atoms with van der Waals surface area (Å²) in [5, 5.41) is 2.49. The highest BCUT2D eigenvalue weighted by Crippen LogP contribution is 2.26. The molecule has 0 aliphatic carbocycles. The number of esters is 2. The van der Waals surface area contributed by atoms with Crippen LogP contribution >= 0.6 is 0 Å². The van der Waals surface area contributed by atoms with Crippen molar-refractivity contribution in [1.29, 1.82) is 0 Å². The van der Waals surface area contributed by atoms with Crippen LogP contribution in [0, 0.1) is 0 Å². The number of rotatable bonds is 12. The number of carbonyl (C=O) groups excluding carboxylic acids is 3. The Balaban J connectivity index is 1.76. The molecule has 37 heavy (non-hydrogen) atoms. The number of oxazole rings is 1. The number of nitrogens with one attached hydrogen (secondary N) is 1. The van der Waals surface area contributed by atoms with Crippen molar-refractivity contribution < 1.29 is 28.3 Å². The third kappa shape index (κ3) is 6.84. The molecular weight excluding hydrogens is 472 g/mol. The van der Waals surface area contributed by atoms with Crippen molar-refractivity contribution in [2.75, 3.05) is 13.2 Å². The van der Waals surface area contributed by atoms with E-state index in [0.29, 0.717) is 18.0 Å². The average molecular weight is 507 g/mol. The Labute approximate surface area is 217 Å². The van der Waals surface area contributed by atoms with E-state index in [1.807, 2.05) is 36.4 Å². The van der Waals surface area contributed by atoms with E-state index in [2.05, 4.69) is 29.4 Å². The molecule has 1 amide bonds. The fourth-order valence-electron chi connectivity index (χ4n) is 4.08.